The lowest BCUT2D eigenvalue weighted by Crippen LogP contribution is -2.26. The average Bonchev–Trinajstić information content (AvgIpc) is 2.89. The van der Waals surface area contributed by atoms with E-state index >= 15 is 0 Å². The fourth-order valence-corrected chi connectivity index (χ4v) is 5.20. The van der Waals surface area contributed by atoms with Gasteiger partial charge in [-0.3, -0.25) is 0 Å². The summed E-state index contributed by atoms with van der Waals surface area (Å²) in [5.74, 6) is -8.47. The fourth-order valence-electron chi connectivity index (χ4n) is 5.20. The van der Waals surface area contributed by atoms with Gasteiger partial charge in [-0.1, -0.05) is 50.5 Å². The van der Waals surface area contributed by atoms with Crippen LogP contribution in [0.5, 0.6) is 5.75 Å². The first-order chi connectivity index (χ1) is 18.0. The maximum Gasteiger partial charge on any atom is 0.432 e. The van der Waals surface area contributed by atoms with Crippen molar-refractivity contribution >= 4 is 0 Å². The molecule has 38 heavy (non-hydrogen) atoms. The van der Waals surface area contributed by atoms with Gasteiger partial charge < -0.3 is 4.74 Å². The van der Waals surface area contributed by atoms with E-state index in [9.17, 15) is 30.7 Å². The molecule has 0 aliphatic heterocycles. The van der Waals surface area contributed by atoms with Gasteiger partial charge in [0.15, 0.2) is 17.5 Å². The van der Waals surface area contributed by atoms with Crippen LogP contribution in [0.3, 0.4) is 0 Å². The highest BCUT2D eigenvalue weighted by molar-refractivity contribution is 5.64. The molecule has 3 aromatic carbocycles. The third kappa shape index (κ3) is 5.84. The maximum atomic E-state index is 14.8. The van der Waals surface area contributed by atoms with Gasteiger partial charge in [0.25, 0.3) is 0 Å². The van der Waals surface area contributed by atoms with Crippen LogP contribution < -0.4 is 4.74 Å². The second-order valence-electron chi connectivity index (χ2n) is 10.0. The summed E-state index contributed by atoms with van der Waals surface area (Å²) in [5, 5.41) is 0. The van der Waals surface area contributed by atoms with E-state index in [0.717, 1.165) is 43.4 Å². The zero-order valence-electron chi connectivity index (χ0n) is 21.2. The largest absolute Gasteiger partial charge is 0.432 e. The van der Waals surface area contributed by atoms with E-state index in [0.29, 0.717) is 11.5 Å². The van der Waals surface area contributed by atoms with Crippen LogP contribution in [0, 0.1) is 41.9 Å². The van der Waals surface area contributed by atoms with Gasteiger partial charge in [0, 0.05) is 11.6 Å². The molecular formula is C30H29F7O. The molecule has 3 aromatic rings. The Labute approximate surface area is 217 Å². The van der Waals surface area contributed by atoms with E-state index < -0.39 is 52.1 Å². The highest BCUT2D eigenvalue weighted by Crippen LogP contribution is 2.40. The molecule has 0 atom stereocenters. The third-order valence-electron chi connectivity index (χ3n) is 7.46. The lowest BCUT2D eigenvalue weighted by Gasteiger charge is -2.29. The van der Waals surface area contributed by atoms with Crippen LogP contribution in [0.1, 0.15) is 74.5 Å². The van der Waals surface area contributed by atoms with Crippen LogP contribution in [-0.4, -0.2) is 0 Å². The molecule has 0 spiro atoms. The van der Waals surface area contributed by atoms with Crippen LogP contribution in [-0.2, 0) is 6.11 Å². The number of rotatable bonds is 8. The van der Waals surface area contributed by atoms with E-state index in [1.165, 1.54) is 32.1 Å². The van der Waals surface area contributed by atoms with E-state index in [2.05, 4.69) is 11.7 Å². The van der Waals surface area contributed by atoms with E-state index in [1.54, 1.807) is 12.1 Å². The van der Waals surface area contributed by atoms with Crippen molar-refractivity contribution in [2.45, 2.75) is 70.8 Å². The minimum atomic E-state index is -4.63. The van der Waals surface area contributed by atoms with Gasteiger partial charge in [-0.25, -0.2) is 22.0 Å². The van der Waals surface area contributed by atoms with Crippen molar-refractivity contribution in [3.05, 3.63) is 88.2 Å². The Morgan fingerprint density at radius 3 is 1.97 bits per heavy atom. The molecule has 1 saturated carbocycles. The van der Waals surface area contributed by atoms with E-state index in [4.69, 9.17) is 0 Å². The predicted octanol–water partition coefficient (Wildman–Crippen LogP) is 9.95. The quantitative estimate of drug-likeness (QED) is 0.205. The van der Waals surface area contributed by atoms with Crippen molar-refractivity contribution in [1.82, 2.24) is 0 Å². The topological polar surface area (TPSA) is 9.23 Å². The molecule has 1 aliphatic carbocycles. The molecule has 4 rings (SSSR count). The van der Waals surface area contributed by atoms with E-state index in [-0.39, 0.29) is 11.6 Å². The molecule has 8 heteroatoms. The van der Waals surface area contributed by atoms with Gasteiger partial charge in [-0.2, -0.15) is 8.78 Å². The van der Waals surface area contributed by atoms with Crippen molar-refractivity contribution in [1.29, 1.82) is 0 Å². The van der Waals surface area contributed by atoms with Crippen molar-refractivity contribution < 1.29 is 35.5 Å². The van der Waals surface area contributed by atoms with Crippen molar-refractivity contribution in [3.8, 4) is 16.9 Å². The zero-order valence-corrected chi connectivity index (χ0v) is 21.2. The van der Waals surface area contributed by atoms with Crippen LogP contribution in [0.15, 0.2) is 42.5 Å². The van der Waals surface area contributed by atoms with Crippen LogP contribution in [0.2, 0.25) is 0 Å². The van der Waals surface area contributed by atoms with Gasteiger partial charge in [0.1, 0.15) is 22.9 Å². The first-order valence-electron chi connectivity index (χ1n) is 12.8. The summed E-state index contributed by atoms with van der Waals surface area (Å²) in [7, 11) is 0. The Morgan fingerprint density at radius 1 is 0.789 bits per heavy atom. The summed E-state index contributed by atoms with van der Waals surface area (Å²) >= 11 is 0. The smallest absolute Gasteiger partial charge is 0.428 e. The average molecular weight is 539 g/mol. The second kappa shape index (κ2) is 11.4. The van der Waals surface area contributed by atoms with Crippen molar-refractivity contribution in [2.75, 3.05) is 0 Å². The molecule has 204 valence electrons. The number of ether oxygens (including phenoxy) is 1. The molecule has 0 unspecified atom stereocenters. The molecule has 0 N–H and O–H groups in total. The first kappa shape index (κ1) is 28.0. The number of halogens is 7. The standard InChI is InChI=1S/C30H29F7O/c1-3-4-5-18-6-8-19(9-7-18)20-10-12-21(13-11-20)22-14-23(31)27(24(32)15-22)30(36,37)38-26-16-25(33)29(35)28(34)17(26)2/h10-16,18-19H,3-9H2,1-2H3. The number of benzene rings is 3. The zero-order chi connectivity index (χ0) is 27.6. The Balaban J connectivity index is 1.52. The summed E-state index contributed by atoms with van der Waals surface area (Å²) in [6, 6.07) is 8.90. The van der Waals surface area contributed by atoms with Crippen molar-refractivity contribution in [3.63, 3.8) is 0 Å². The van der Waals surface area contributed by atoms with Gasteiger partial charge in [0.05, 0.1) is 0 Å². The molecular weight excluding hydrogens is 509 g/mol. The molecule has 1 nitrogen and oxygen atoms in total. The first-order valence-corrected chi connectivity index (χ1v) is 12.8. The molecule has 0 bridgehead atoms. The monoisotopic (exact) mass is 538 g/mol. The lowest BCUT2D eigenvalue weighted by atomic mass is 9.77. The van der Waals surface area contributed by atoms with E-state index in [1.807, 2.05) is 12.1 Å². The number of unbranched alkanes of at least 4 members (excludes halogenated alkanes) is 1. The van der Waals surface area contributed by atoms with Gasteiger partial charge in [0.2, 0.25) is 0 Å². The predicted molar refractivity (Wildman–Crippen MR) is 132 cm³/mol. The Kier molecular flexibility index (Phi) is 8.38. The van der Waals surface area contributed by atoms with Crippen LogP contribution >= 0.6 is 0 Å². The molecule has 0 amide bonds. The highest BCUT2D eigenvalue weighted by atomic mass is 19.3. The molecule has 0 radical (unpaired) electrons. The maximum absolute atomic E-state index is 14.8. The summed E-state index contributed by atoms with van der Waals surface area (Å²) in [6.07, 6.45) is 3.60. The molecule has 1 aliphatic rings. The molecule has 0 saturated heterocycles. The minimum Gasteiger partial charge on any atom is -0.428 e. The van der Waals surface area contributed by atoms with Crippen molar-refractivity contribution in [2.24, 2.45) is 5.92 Å². The number of hydrogen-bond donors (Lipinski definition) is 0. The minimum absolute atomic E-state index is 0.0458. The Morgan fingerprint density at radius 2 is 1.39 bits per heavy atom. The Bertz CT molecular complexity index is 1260. The normalized spacial score (nSPS) is 18.0. The molecule has 0 aromatic heterocycles. The highest BCUT2D eigenvalue weighted by Gasteiger charge is 2.42. The number of alkyl halides is 2. The summed E-state index contributed by atoms with van der Waals surface area (Å²) in [5.41, 5.74) is -0.867. The van der Waals surface area contributed by atoms with Gasteiger partial charge in [-0.05, 0) is 73.3 Å². The van der Waals surface area contributed by atoms with Gasteiger partial charge in [-0.15, -0.1) is 0 Å². The SMILES string of the molecule is CCCCC1CCC(c2ccc(-c3cc(F)c(C(F)(F)Oc4cc(F)c(F)c(F)c4C)c(F)c3)cc2)CC1. The molecule has 1 fully saturated rings. The second-order valence-corrected chi connectivity index (χ2v) is 10.0. The van der Waals surface area contributed by atoms with Crippen LogP contribution in [0.25, 0.3) is 11.1 Å². The summed E-state index contributed by atoms with van der Waals surface area (Å²) in [4.78, 5) is 0. The molecule has 0 heterocycles. The van der Waals surface area contributed by atoms with Crippen LogP contribution in [0.4, 0.5) is 30.7 Å². The fraction of sp³-hybridized carbons (Fsp3) is 0.400. The Hall–Kier alpha value is -3.03. The third-order valence-corrected chi connectivity index (χ3v) is 7.46. The summed E-state index contributed by atoms with van der Waals surface area (Å²) in [6.45, 7) is 3.07. The lowest BCUT2D eigenvalue weighted by molar-refractivity contribution is -0.190. The summed E-state index contributed by atoms with van der Waals surface area (Å²) < 4.78 is 104. The van der Waals surface area contributed by atoms with Gasteiger partial charge >= 0.3 is 6.11 Å². The number of hydrogen-bond acceptors (Lipinski definition) is 1.